The first-order valence-corrected chi connectivity index (χ1v) is 25.5. The van der Waals surface area contributed by atoms with Crippen LogP contribution in [0.3, 0.4) is 0 Å². The molecule has 384 valence electrons. The number of aldehydes is 1. The molecule has 5 aromatic rings. The van der Waals surface area contributed by atoms with Crippen molar-refractivity contribution in [2.45, 2.75) is 56.7 Å². The zero-order chi connectivity index (χ0) is 51.4. The number of anilines is 2. The summed E-state index contributed by atoms with van der Waals surface area (Å²) in [6, 6.07) is 10.8. The number of imide groups is 1. The molecule has 3 atom stereocenters. The number of hydrogen-bond acceptors (Lipinski definition) is 15. The number of likely N-dealkylation sites (N-methyl/N-ethyl adjacent to an activating group) is 1. The van der Waals surface area contributed by atoms with Crippen LogP contribution in [0.1, 0.15) is 64.8 Å². The number of phenolic OH excluding ortho intramolecular Hbond substituents is 1. The van der Waals surface area contributed by atoms with E-state index in [4.69, 9.17) is 16.1 Å². The number of hydrogen-bond donors (Lipinski definition) is 3. The Morgan fingerprint density at radius 2 is 1.62 bits per heavy atom. The first kappa shape index (κ1) is 49.1. The van der Waals surface area contributed by atoms with Crippen LogP contribution in [0.5, 0.6) is 11.8 Å². The van der Waals surface area contributed by atoms with E-state index in [1.54, 1.807) is 18.3 Å². The number of fused-ring (bicyclic) bond motifs is 5. The summed E-state index contributed by atoms with van der Waals surface area (Å²) in [5, 5.41) is 18.1. The number of carbonyl (C=O) groups excluding carboxylic acids is 4. The van der Waals surface area contributed by atoms with Crippen LogP contribution < -0.4 is 25.2 Å². The first-order valence-electron chi connectivity index (χ1n) is 25.5. The van der Waals surface area contributed by atoms with Gasteiger partial charge in [0, 0.05) is 118 Å². The van der Waals surface area contributed by atoms with E-state index >= 15 is 4.39 Å². The highest BCUT2D eigenvalue weighted by atomic mass is 19.1. The second-order valence-corrected chi connectivity index (χ2v) is 20.9. The number of allylic oxidation sites excluding steroid dienone is 1. The third-order valence-corrected chi connectivity index (χ3v) is 15.8. The molecule has 12 rings (SSSR count). The molecule has 3 unspecified atom stereocenters. The maximum atomic E-state index is 16.8. The van der Waals surface area contributed by atoms with Gasteiger partial charge in [-0.3, -0.25) is 29.2 Å². The highest BCUT2D eigenvalue weighted by Crippen LogP contribution is 2.47. The van der Waals surface area contributed by atoms with E-state index in [1.807, 2.05) is 6.07 Å². The number of aromatic nitrogens is 3. The van der Waals surface area contributed by atoms with E-state index in [0.29, 0.717) is 76.9 Å². The number of rotatable bonds is 11. The summed E-state index contributed by atoms with van der Waals surface area (Å²) < 4.78 is 38.0. The van der Waals surface area contributed by atoms with Crippen LogP contribution >= 0.6 is 0 Å². The number of piperazine rings is 3. The van der Waals surface area contributed by atoms with E-state index in [1.165, 1.54) is 24.3 Å². The number of ether oxygens (including phenoxy) is 1. The number of benzene rings is 3. The van der Waals surface area contributed by atoms with Crippen molar-refractivity contribution < 1.29 is 37.8 Å². The van der Waals surface area contributed by atoms with Gasteiger partial charge in [-0.25, -0.2) is 8.78 Å². The topological polar surface area (TPSA) is 180 Å². The number of carbonyl (C=O) groups is 4. The number of nitrogens with one attached hydrogen (secondary N) is 2. The van der Waals surface area contributed by atoms with Gasteiger partial charge in [-0.2, -0.15) is 9.97 Å². The molecule has 3 aromatic carbocycles. The largest absolute Gasteiger partial charge is 0.508 e. The summed E-state index contributed by atoms with van der Waals surface area (Å²) in [4.78, 5) is 75.0. The molecule has 2 aromatic heterocycles. The van der Waals surface area contributed by atoms with E-state index in [-0.39, 0.29) is 45.4 Å². The van der Waals surface area contributed by atoms with Crippen molar-refractivity contribution >= 4 is 57.2 Å². The van der Waals surface area contributed by atoms with Crippen molar-refractivity contribution in [3.05, 3.63) is 89.3 Å². The van der Waals surface area contributed by atoms with Gasteiger partial charge in [0.1, 0.15) is 40.9 Å². The van der Waals surface area contributed by atoms with E-state index in [9.17, 15) is 28.7 Å². The molecule has 8 heterocycles. The number of terminal acetylenes is 1. The van der Waals surface area contributed by atoms with Crippen molar-refractivity contribution in [1.29, 1.82) is 0 Å². The number of aromatic hydroxyl groups is 1. The van der Waals surface area contributed by atoms with E-state index < -0.39 is 29.5 Å². The lowest BCUT2D eigenvalue weighted by molar-refractivity contribution is -0.125. The zero-order valence-electron chi connectivity index (χ0n) is 41.4. The Morgan fingerprint density at radius 3 is 2.32 bits per heavy atom. The summed E-state index contributed by atoms with van der Waals surface area (Å²) in [5.41, 5.74) is 2.35. The lowest BCUT2D eigenvalue weighted by Gasteiger charge is -2.35. The molecule has 3 N–H and O–H groups in total. The molecule has 1 saturated carbocycles. The minimum Gasteiger partial charge on any atom is -0.508 e. The minimum atomic E-state index is -0.798. The number of phenols is 1. The fourth-order valence-corrected chi connectivity index (χ4v) is 11.5. The van der Waals surface area contributed by atoms with Crippen LogP contribution in [0.25, 0.3) is 32.9 Å². The predicted molar refractivity (Wildman–Crippen MR) is 275 cm³/mol. The van der Waals surface area contributed by atoms with Crippen molar-refractivity contribution in [2.24, 2.45) is 5.41 Å². The van der Waals surface area contributed by atoms with Gasteiger partial charge in [-0.15, -0.1) is 6.42 Å². The van der Waals surface area contributed by atoms with Crippen LogP contribution in [0.4, 0.5) is 20.3 Å². The Kier molecular flexibility index (Phi) is 13.3. The second kappa shape index (κ2) is 20.0. The number of piperidine rings is 1. The molecule has 5 saturated heterocycles. The van der Waals surface area contributed by atoms with Gasteiger partial charge in [-0.05, 0) is 87.4 Å². The van der Waals surface area contributed by atoms with Gasteiger partial charge >= 0.3 is 6.01 Å². The van der Waals surface area contributed by atoms with Crippen molar-refractivity contribution in [3.63, 3.8) is 0 Å². The van der Waals surface area contributed by atoms with Gasteiger partial charge in [0.05, 0.1) is 35.2 Å². The highest BCUT2D eigenvalue weighted by Gasteiger charge is 2.46. The molecule has 6 aliphatic heterocycles. The summed E-state index contributed by atoms with van der Waals surface area (Å²) in [6.07, 6.45) is 13.4. The van der Waals surface area contributed by atoms with Gasteiger partial charge in [0.25, 0.3) is 11.8 Å². The van der Waals surface area contributed by atoms with Gasteiger partial charge in [0.2, 0.25) is 5.91 Å². The molecule has 0 spiro atoms. The highest BCUT2D eigenvalue weighted by molar-refractivity contribution is 6.23. The number of amides is 3. The molecule has 7 aliphatic rings. The smallest absolute Gasteiger partial charge is 0.319 e. The van der Waals surface area contributed by atoms with Gasteiger partial charge < -0.3 is 44.9 Å². The Bertz CT molecular complexity index is 3130. The average Bonchev–Trinajstić information content (AvgIpc) is 4.04. The van der Waals surface area contributed by atoms with Crippen LogP contribution in [0.2, 0.25) is 0 Å². The van der Waals surface area contributed by atoms with Crippen molar-refractivity contribution in [2.75, 3.05) is 102 Å². The second-order valence-electron chi connectivity index (χ2n) is 20.9. The Balaban J connectivity index is 0.000000180. The SMILES string of the molecule is C#Cc1c(F)ccc2cc(O)cc(-c3ncc4c(N5CC6CCC(C5)N6)nc(OCC5(CN6CCN(C)CC6)CC5)nc4c3F)c12.C=C1CCC(N2C(=O)c3ccc(N4CCN(CC=O)CC4)cc3C2=O)C(=O)N1. The van der Waals surface area contributed by atoms with Crippen LogP contribution in [-0.2, 0) is 9.59 Å². The molecule has 6 fully saturated rings. The molecule has 3 amide bonds. The van der Waals surface area contributed by atoms with Crippen molar-refractivity contribution in [1.82, 2.24) is 45.2 Å². The molecular formula is C55H59F2N11O6. The molecule has 19 heteroatoms. The third kappa shape index (κ3) is 9.51. The number of halogens is 2. The molecule has 0 radical (unpaired) electrons. The molecule has 17 nitrogen and oxygen atoms in total. The Hall–Kier alpha value is -7.11. The minimum absolute atomic E-state index is 0.0208. The number of nitrogens with zero attached hydrogens (tertiary/aromatic N) is 9. The molecule has 2 bridgehead atoms. The standard InChI is InChI=1S/C35H37F2N7O2.C20H22N4O4/c1-3-25-28(36)7-4-21-14-24(45)15-26(29(21)25)31-30(37)32-27(16-38-31)33(44-17-22-5-6-23(18-44)39-22)41-34(40-32)46-20-35(8-9-35)19-43-12-10-42(2)11-13-43;1-13-2-5-17(18(26)21-13)24-19(27)15-4-3-14(12-16(15)20(24)28)23-8-6-22(7-9-23)10-11-25/h1,4,7,14-16,22-23,39,45H,5-6,8-13,17-20H2,2H3;3-4,11-12,17H,1-2,5-10H2,(H,21,26). The lowest BCUT2D eigenvalue weighted by atomic mass is 9.96. The lowest BCUT2D eigenvalue weighted by Crippen LogP contribution is -2.51. The van der Waals surface area contributed by atoms with Crippen LogP contribution in [0, 0.1) is 29.4 Å². The molecule has 1 aliphatic carbocycles. The number of pyridine rings is 1. The maximum Gasteiger partial charge on any atom is 0.319 e. The average molecular weight is 1010 g/mol. The quantitative estimate of drug-likeness (QED) is 0.0953. The normalized spacial score (nSPS) is 22.9. The summed E-state index contributed by atoms with van der Waals surface area (Å²) >= 11 is 0. The monoisotopic (exact) mass is 1010 g/mol. The molecular weight excluding hydrogens is 949 g/mol. The fraction of sp³-hybridized carbons (Fsp3) is 0.436. The summed E-state index contributed by atoms with van der Waals surface area (Å²) in [6.45, 7) is 14.3. The Labute approximate surface area is 427 Å². The summed E-state index contributed by atoms with van der Waals surface area (Å²) in [7, 11) is 2.15. The van der Waals surface area contributed by atoms with E-state index in [0.717, 1.165) is 115 Å². The van der Waals surface area contributed by atoms with Crippen LogP contribution in [0.15, 0.2) is 60.9 Å². The van der Waals surface area contributed by atoms with Gasteiger partial charge in [-0.1, -0.05) is 18.6 Å². The maximum absolute atomic E-state index is 16.8. The Morgan fingerprint density at radius 1 is 0.892 bits per heavy atom. The first-order chi connectivity index (χ1) is 35.8. The van der Waals surface area contributed by atoms with Crippen molar-refractivity contribution in [3.8, 4) is 35.4 Å². The predicted octanol–water partition coefficient (Wildman–Crippen LogP) is 4.55. The van der Waals surface area contributed by atoms with Crippen LogP contribution in [-0.4, -0.2) is 174 Å². The van der Waals surface area contributed by atoms with Gasteiger partial charge in [0.15, 0.2) is 5.82 Å². The molecule has 74 heavy (non-hydrogen) atoms. The van der Waals surface area contributed by atoms with E-state index in [2.05, 4.69) is 64.6 Å². The zero-order valence-corrected chi connectivity index (χ0v) is 41.4. The fourth-order valence-electron chi connectivity index (χ4n) is 11.5. The third-order valence-electron chi connectivity index (χ3n) is 15.8. The summed E-state index contributed by atoms with van der Waals surface area (Å²) in [5.74, 6) is 0.355.